The molecule has 136 valence electrons. The topological polar surface area (TPSA) is 62.6 Å². The molecule has 26 heavy (non-hydrogen) atoms. The lowest BCUT2D eigenvalue weighted by atomic mass is 10.1. The number of fused-ring (bicyclic) bond motifs is 1. The van der Waals surface area contributed by atoms with Gasteiger partial charge in [0.1, 0.15) is 5.82 Å². The largest absolute Gasteiger partial charge is 0.377 e. The minimum atomic E-state index is -0.246. The van der Waals surface area contributed by atoms with Crippen LogP contribution in [-0.4, -0.2) is 38.8 Å². The zero-order chi connectivity index (χ0) is 17.9. The van der Waals surface area contributed by atoms with Gasteiger partial charge in [-0.05, 0) is 30.5 Å². The Morgan fingerprint density at radius 2 is 2.23 bits per heavy atom. The van der Waals surface area contributed by atoms with Gasteiger partial charge in [-0.1, -0.05) is 12.1 Å². The molecule has 7 heteroatoms. The van der Waals surface area contributed by atoms with E-state index in [0.29, 0.717) is 24.4 Å². The van der Waals surface area contributed by atoms with Gasteiger partial charge in [-0.25, -0.2) is 13.9 Å². The molecule has 6 nitrogen and oxygen atoms in total. The van der Waals surface area contributed by atoms with Crippen molar-refractivity contribution in [1.82, 2.24) is 19.5 Å². The highest BCUT2D eigenvalue weighted by atomic mass is 19.1. The van der Waals surface area contributed by atoms with Gasteiger partial charge in [0.25, 0.3) is 5.56 Å². The summed E-state index contributed by atoms with van der Waals surface area (Å²) in [5.74, 6) is -0.246. The van der Waals surface area contributed by atoms with Crippen molar-refractivity contribution >= 4 is 5.65 Å². The molecular weight excluding hydrogens is 335 g/mol. The summed E-state index contributed by atoms with van der Waals surface area (Å²) in [7, 11) is 0. The molecule has 0 amide bonds. The van der Waals surface area contributed by atoms with Crippen LogP contribution in [-0.2, 0) is 17.8 Å². The molecule has 1 unspecified atom stereocenters. The van der Waals surface area contributed by atoms with Crippen molar-refractivity contribution in [3.05, 3.63) is 70.0 Å². The third-order valence-electron chi connectivity index (χ3n) is 4.60. The monoisotopic (exact) mass is 356 g/mol. The number of aromatic amines is 1. The highest BCUT2D eigenvalue weighted by Crippen LogP contribution is 2.17. The van der Waals surface area contributed by atoms with Gasteiger partial charge in [0, 0.05) is 44.6 Å². The number of halogens is 1. The van der Waals surface area contributed by atoms with Crippen LogP contribution in [0, 0.1) is 5.82 Å². The van der Waals surface area contributed by atoms with Gasteiger partial charge in [-0.3, -0.25) is 14.8 Å². The van der Waals surface area contributed by atoms with Crippen molar-refractivity contribution in [2.75, 3.05) is 13.2 Å². The molecule has 0 aliphatic carbocycles. The summed E-state index contributed by atoms with van der Waals surface area (Å²) < 4.78 is 20.7. The standard InChI is InChI=1S/C19H21FN4O2/c20-15-4-1-3-14(9-15)11-23(13-17-5-2-8-26-17)12-16-10-19(25)24-18(22-16)6-7-21-24/h1,3-4,6-7,9-10,17,21H,2,5,8,11-13H2. The summed E-state index contributed by atoms with van der Waals surface area (Å²) in [6, 6.07) is 9.91. The summed E-state index contributed by atoms with van der Waals surface area (Å²) in [5.41, 5.74) is 2.04. The molecule has 1 N–H and O–H groups in total. The maximum absolute atomic E-state index is 13.5. The number of nitrogens with one attached hydrogen (secondary N) is 1. The maximum Gasteiger partial charge on any atom is 0.272 e. The molecule has 1 fully saturated rings. The van der Waals surface area contributed by atoms with Crippen LogP contribution < -0.4 is 5.56 Å². The van der Waals surface area contributed by atoms with E-state index < -0.39 is 0 Å². The summed E-state index contributed by atoms with van der Waals surface area (Å²) in [6.07, 6.45) is 3.94. The lowest BCUT2D eigenvalue weighted by molar-refractivity contribution is 0.0674. The van der Waals surface area contributed by atoms with E-state index >= 15 is 0 Å². The Morgan fingerprint density at radius 1 is 1.31 bits per heavy atom. The second-order valence-electron chi connectivity index (χ2n) is 6.68. The van der Waals surface area contributed by atoms with Crippen LogP contribution in [0.15, 0.2) is 47.4 Å². The Labute approximate surface area is 150 Å². The molecular formula is C19H21FN4O2. The first kappa shape index (κ1) is 16.9. The maximum atomic E-state index is 13.5. The highest BCUT2D eigenvalue weighted by molar-refractivity contribution is 5.36. The van der Waals surface area contributed by atoms with E-state index in [1.165, 1.54) is 16.6 Å². The van der Waals surface area contributed by atoms with E-state index in [9.17, 15) is 9.18 Å². The molecule has 0 radical (unpaired) electrons. The molecule has 1 aliphatic heterocycles. The van der Waals surface area contributed by atoms with Crippen LogP contribution in [0.3, 0.4) is 0 Å². The van der Waals surface area contributed by atoms with E-state index in [1.807, 2.05) is 6.07 Å². The molecule has 3 heterocycles. The third-order valence-corrected chi connectivity index (χ3v) is 4.60. The van der Waals surface area contributed by atoms with Crippen LogP contribution in [0.2, 0.25) is 0 Å². The van der Waals surface area contributed by atoms with Crippen LogP contribution in [0.4, 0.5) is 4.39 Å². The number of hydrogen-bond acceptors (Lipinski definition) is 4. The predicted octanol–water partition coefficient (Wildman–Crippen LogP) is 2.34. The summed E-state index contributed by atoms with van der Waals surface area (Å²) >= 11 is 0. The van der Waals surface area contributed by atoms with Gasteiger partial charge in [0.05, 0.1) is 11.8 Å². The molecule has 1 saturated heterocycles. The van der Waals surface area contributed by atoms with Gasteiger partial charge in [0.2, 0.25) is 0 Å². The number of H-pyrrole nitrogens is 1. The average Bonchev–Trinajstić information content (AvgIpc) is 3.26. The first-order valence-corrected chi connectivity index (χ1v) is 8.82. The number of rotatable bonds is 6. The quantitative estimate of drug-likeness (QED) is 0.736. The third kappa shape index (κ3) is 3.84. The van der Waals surface area contributed by atoms with Gasteiger partial charge >= 0.3 is 0 Å². The van der Waals surface area contributed by atoms with Crippen LogP contribution >= 0.6 is 0 Å². The Hall–Kier alpha value is -2.51. The van der Waals surface area contributed by atoms with E-state index in [0.717, 1.165) is 31.6 Å². The van der Waals surface area contributed by atoms with Crippen molar-refractivity contribution in [3.8, 4) is 0 Å². The molecule has 0 spiro atoms. The van der Waals surface area contributed by atoms with Crippen molar-refractivity contribution in [2.24, 2.45) is 0 Å². The molecule has 1 aromatic carbocycles. The van der Waals surface area contributed by atoms with Crippen LogP contribution in [0.25, 0.3) is 5.65 Å². The number of nitrogens with zero attached hydrogens (tertiary/aromatic N) is 3. The Morgan fingerprint density at radius 3 is 3.04 bits per heavy atom. The number of aromatic nitrogens is 3. The second-order valence-corrected chi connectivity index (χ2v) is 6.68. The Balaban J connectivity index is 1.57. The number of ether oxygens (including phenoxy) is 1. The fourth-order valence-electron chi connectivity index (χ4n) is 3.44. The zero-order valence-electron chi connectivity index (χ0n) is 14.4. The molecule has 1 aliphatic rings. The smallest absolute Gasteiger partial charge is 0.272 e. The second kappa shape index (κ2) is 7.39. The molecule has 0 saturated carbocycles. The minimum absolute atomic E-state index is 0.141. The summed E-state index contributed by atoms with van der Waals surface area (Å²) in [5, 5.41) is 2.84. The van der Waals surface area contributed by atoms with Gasteiger partial charge < -0.3 is 4.74 Å². The fraction of sp³-hybridized carbons (Fsp3) is 0.368. The summed E-state index contributed by atoms with van der Waals surface area (Å²) in [4.78, 5) is 18.9. The minimum Gasteiger partial charge on any atom is -0.377 e. The Kier molecular flexibility index (Phi) is 4.81. The van der Waals surface area contributed by atoms with Crippen molar-refractivity contribution in [2.45, 2.75) is 32.0 Å². The molecule has 2 aromatic heterocycles. The fourth-order valence-corrected chi connectivity index (χ4v) is 3.44. The van der Waals surface area contributed by atoms with E-state index in [4.69, 9.17) is 4.74 Å². The lowest BCUT2D eigenvalue weighted by Gasteiger charge is -2.25. The van der Waals surface area contributed by atoms with E-state index in [1.54, 1.807) is 24.4 Å². The first-order valence-electron chi connectivity index (χ1n) is 8.82. The van der Waals surface area contributed by atoms with Gasteiger partial charge in [-0.15, -0.1) is 0 Å². The van der Waals surface area contributed by atoms with Crippen molar-refractivity contribution < 1.29 is 9.13 Å². The van der Waals surface area contributed by atoms with Crippen LogP contribution in [0.5, 0.6) is 0 Å². The SMILES string of the molecule is O=c1cc(CN(Cc2cccc(F)c2)CC2CCCO2)nc2cc[nH]n12. The van der Waals surface area contributed by atoms with E-state index in [2.05, 4.69) is 15.0 Å². The molecule has 4 rings (SSSR count). The lowest BCUT2D eigenvalue weighted by Crippen LogP contribution is -2.32. The van der Waals surface area contributed by atoms with Crippen molar-refractivity contribution in [3.63, 3.8) is 0 Å². The van der Waals surface area contributed by atoms with Gasteiger partial charge in [0.15, 0.2) is 5.65 Å². The average molecular weight is 356 g/mol. The van der Waals surface area contributed by atoms with Gasteiger partial charge in [-0.2, -0.15) is 0 Å². The predicted molar refractivity (Wildman–Crippen MR) is 95.3 cm³/mol. The van der Waals surface area contributed by atoms with E-state index in [-0.39, 0.29) is 17.5 Å². The zero-order valence-corrected chi connectivity index (χ0v) is 14.4. The first-order chi connectivity index (χ1) is 12.7. The number of benzene rings is 1. The summed E-state index contributed by atoms with van der Waals surface area (Å²) in [6.45, 7) is 2.59. The molecule has 1 atom stereocenters. The number of hydrogen-bond donors (Lipinski definition) is 1. The Bertz CT molecular complexity index is 946. The van der Waals surface area contributed by atoms with Crippen LogP contribution in [0.1, 0.15) is 24.1 Å². The molecule has 3 aromatic rings. The van der Waals surface area contributed by atoms with Crippen molar-refractivity contribution in [1.29, 1.82) is 0 Å². The normalized spacial score (nSPS) is 17.4. The highest BCUT2D eigenvalue weighted by Gasteiger charge is 2.20. The molecule has 0 bridgehead atoms.